The van der Waals surface area contributed by atoms with E-state index in [2.05, 4.69) is 50.9 Å². The zero-order chi connectivity index (χ0) is 12.4. The van der Waals surface area contributed by atoms with Crippen LogP contribution in [-0.4, -0.2) is 13.6 Å². The van der Waals surface area contributed by atoms with Gasteiger partial charge in [0.1, 0.15) is 0 Å². The maximum atomic E-state index is 3.52. The van der Waals surface area contributed by atoms with Gasteiger partial charge in [-0.05, 0) is 44.5 Å². The molecule has 0 fully saturated rings. The molecule has 1 aromatic carbocycles. The molecule has 0 spiro atoms. The molecule has 0 aliphatic rings. The van der Waals surface area contributed by atoms with Crippen LogP contribution in [0.25, 0.3) is 0 Å². The SMILES string of the molecule is C=C/C=C\CNC.Cc1cccc(C)c1C. The van der Waals surface area contributed by atoms with Gasteiger partial charge in [-0.15, -0.1) is 0 Å². The Kier molecular flexibility index (Phi) is 8.18. The third kappa shape index (κ3) is 6.20. The second kappa shape index (κ2) is 8.93. The number of allylic oxidation sites excluding steroid dienone is 2. The molecule has 1 rings (SSSR count). The molecule has 0 amide bonds. The van der Waals surface area contributed by atoms with E-state index in [1.54, 1.807) is 6.08 Å². The van der Waals surface area contributed by atoms with E-state index in [0.717, 1.165) is 6.54 Å². The first kappa shape index (κ1) is 14.7. The van der Waals surface area contributed by atoms with Gasteiger partial charge in [-0.1, -0.05) is 43.0 Å². The highest BCUT2D eigenvalue weighted by molar-refractivity contribution is 5.31. The molecular weight excluding hydrogens is 194 g/mol. The highest BCUT2D eigenvalue weighted by Crippen LogP contribution is 2.09. The molecule has 88 valence electrons. The average molecular weight is 217 g/mol. The van der Waals surface area contributed by atoms with Crippen molar-refractivity contribution in [2.75, 3.05) is 13.6 Å². The molecule has 0 saturated heterocycles. The molecule has 1 nitrogen and oxygen atoms in total. The standard InChI is InChI=1S/C9H12.C6H11N/c1-7-5-4-6-8(2)9(7)3;1-3-4-5-6-7-2/h4-6H,1-3H3;3-5,7H,1,6H2,2H3/b;5-4-. The molecule has 0 aromatic heterocycles. The number of aryl methyl sites for hydroxylation is 2. The van der Waals surface area contributed by atoms with E-state index >= 15 is 0 Å². The highest BCUT2D eigenvalue weighted by atomic mass is 14.8. The number of hydrogen-bond acceptors (Lipinski definition) is 1. The Morgan fingerprint density at radius 1 is 1.19 bits per heavy atom. The van der Waals surface area contributed by atoms with Gasteiger partial charge in [-0.2, -0.15) is 0 Å². The summed E-state index contributed by atoms with van der Waals surface area (Å²) >= 11 is 0. The minimum absolute atomic E-state index is 0.923. The molecule has 0 heterocycles. The Morgan fingerprint density at radius 3 is 2.12 bits per heavy atom. The molecule has 0 aliphatic heterocycles. The fourth-order valence-corrected chi connectivity index (χ4v) is 1.18. The molecular formula is C15H23N. The average Bonchev–Trinajstić information content (AvgIpc) is 2.27. The van der Waals surface area contributed by atoms with Crippen molar-refractivity contribution in [3.63, 3.8) is 0 Å². The summed E-state index contributed by atoms with van der Waals surface area (Å²) in [5, 5.41) is 2.97. The molecule has 1 N–H and O–H groups in total. The second-order valence-electron chi connectivity index (χ2n) is 3.74. The summed E-state index contributed by atoms with van der Waals surface area (Å²) in [6.07, 6.45) is 5.68. The Hall–Kier alpha value is -1.34. The van der Waals surface area contributed by atoms with E-state index in [1.807, 2.05) is 19.2 Å². The monoisotopic (exact) mass is 217 g/mol. The fourth-order valence-electron chi connectivity index (χ4n) is 1.18. The summed E-state index contributed by atoms with van der Waals surface area (Å²) in [5.74, 6) is 0. The van der Waals surface area contributed by atoms with Gasteiger partial charge in [-0.3, -0.25) is 0 Å². The Morgan fingerprint density at radius 2 is 1.75 bits per heavy atom. The summed E-state index contributed by atoms with van der Waals surface area (Å²) in [5.41, 5.74) is 4.18. The quantitative estimate of drug-likeness (QED) is 0.763. The Balaban J connectivity index is 0.000000293. The van der Waals surface area contributed by atoms with E-state index in [9.17, 15) is 0 Å². The van der Waals surface area contributed by atoms with Crippen LogP contribution in [-0.2, 0) is 0 Å². The molecule has 1 heteroatoms. The molecule has 1 aromatic rings. The molecule has 0 aliphatic carbocycles. The fraction of sp³-hybridized carbons (Fsp3) is 0.333. The van der Waals surface area contributed by atoms with Crippen LogP contribution in [0.15, 0.2) is 43.0 Å². The van der Waals surface area contributed by atoms with Crippen molar-refractivity contribution in [1.82, 2.24) is 5.32 Å². The van der Waals surface area contributed by atoms with E-state index < -0.39 is 0 Å². The molecule has 0 bridgehead atoms. The normalized spacial score (nSPS) is 9.75. The number of hydrogen-bond donors (Lipinski definition) is 1. The Labute approximate surface area is 99.9 Å². The van der Waals surface area contributed by atoms with Crippen LogP contribution in [0.1, 0.15) is 16.7 Å². The van der Waals surface area contributed by atoms with Crippen LogP contribution < -0.4 is 5.32 Å². The van der Waals surface area contributed by atoms with Gasteiger partial charge in [0.25, 0.3) is 0 Å². The van der Waals surface area contributed by atoms with Crippen molar-refractivity contribution in [3.8, 4) is 0 Å². The van der Waals surface area contributed by atoms with Gasteiger partial charge in [-0.25, -0.2) is 0 Å². The first-order chi connectivity index (χ1) is 7.63. The third-order valence-electron chi connectivity index (χ3n) is 2.47. The van der Waals surface area contributed by atoms with E-state index in [-0.39, 0.29) is 0 Å². The van der Waals surface area contributed by atoms with Gasteiger partial charge in [0.05, 0.1) is 0 Å². The maximum absolute atomic E-state index is 3.52. The predicted octanol–water partition coefficient (Wildman–Crippen LogP) is 3.56. The van der Waals surface area contributed by atoms with Gasteiger partial charge < -0.3 is 5.32 Å². The minimum Gasteiger partial charge on any atom is -0.316 e. The lowest BCUT2D eigenvalue weighted by Gasteiger charge is -2.00. The van der Waals surface area contributed by atoms with Crippen LogP contribution >= 0.6 is 0 Å². The lowest BCUT2D eigenvalue weighted by Crippen LogP contribution is -2.03. The van der Waals surface area contributed by atoms with Crippen LogP contribution in [0.3, 0.4) is 0 Å². The van der Waals surface area contributed by atoms with Crippen molar-refractivity contribution >= 4 is 0 Å². The van der Waals surface area contributed by atoms with Crippen molar-refractivity contribution in [2.45, 2.75) is 20.8 Å². The van der Waals surface area contributed by atoms with Gasteiger partial charge in [0.2, 0.25) is 0 Å². The van der Waals surface area contributed by atoms with Crippen molar-refractivity contribution < 1.29 is 0 Å². The van der Waals surface area contributed by atoms with Crippen molar-refractivity contribution in [3.05, 3.63) is 59.7 Å². The summed E-state index contributed by atoms with van der Waals surface area (Å²) in [6.45, 7) is 10.9. The molecule has 0 saturated carbocycles. The third-order valence-corrected chi connectivity index (χ3v) is 2.47. The zero-order valence-corrected chi connectivity index (χ0v) is 10.9. The molecule has 16 heavy (non-hydrogen) atoms. The van der Waals surface area contributed by atoms with Crippen LogP contribution in [0, 0.1) is 20.8 Å². The van der Waals surface area contributed by atoms with E-state index in [0.29, 0.717) is 0 Å². The van der Waals surface area contributed by atoms with E-state index in [4.69, 9.17) is 0 Å². The van der Waals surface area contributed by atoms with Gasteiger partial charge in [0, 0.05) is 6.54 Å². The lowest BCUT2D eigenvalue weighted by atomic mass is 10.1. The maximum Gasteiger partial charge on any atom is 0.0134 e. The van der Waals surface area contributed by atoms with E-state index in [1.165, 1.54) is 16.7 Å². The number of rotatable bonds is 3. The van der Waals surface area contributed by atoms with Gasteiger partial charge >= 0.3 is 0 Å². The summed E-state index contributed by atoms with van der Waals surface area (Å²) in [6, 6.07) is 6.38. The Bertz CT molecular complexity index is 317. The first-order valence-corrected chi connectivity index (χ1v) is 5.58. The molecule has 0 atom stereocenters. The number of likely N-dealkylation sites (N-methyl/N-ethyl adjacent to an activating group) is 1. The lowest BCUT2D eigenvalue weighted by molar-refractivity contribution is 0.920. The van der Waals surface area contributed by atoms with Gasteiger partial charge in [0.15, 0.2) is 0 Å². The highest BCUT2D eigenvalue weighted by Gasteiger charge is 1.91. The first-order valence-electron chi connectivity index (χ1n) is 5.58. The molecule has 0 unspecified atom stereocenters. The largest absolute Gasteiger partial charge is 0.316 e. The smallest absolute Gasteiger partial charge is 0.0134 e. The second-order valence-corrected chi connectivity index (χ2v) is 3.74. The number of benzene rings is 1. The summed E-state index contributed by atoms with van der Waals surface area (Å²) < 4.78 is 0. The minimum atomic E-state index is 0.923. The van der Waals surface area contributed by atoms with Crippen LogP contribution in [0.5, 0.6) is 0 Å². The van der Waals surface area contributed by atoms with Crippen molar-refractivity contribution in [2.24, 2.45) is 0 Å². The van der Waals surface area contributed by atoms with Crippen LogP contribution in [0.4, 0.5) is 0 Å². The van der Waals surface area contributed by atoms with Crippen LogP contribution in [0.2, 0.25) is 0 Å². The number of nitrogens with one attached hydrogen (secondary N) is 1. The topological polar surface area (TPSA) is 12.0 Å². The zero-order valence-electron chi connectivity index (χ0n) is 10.9. The predicted molar refractivity (Wildman–Crippen MR) is 73.9 cm³/mol. The molecule has 0 radical (unpaired) electrons. The van der Waals surface area contributed by atoms with Crippen molar-refractivity contribution in [1.29, 1.82) is 0 Å². The summed E-state index contributed by atoms with van der Waals surface area (Å²) in [4.78, 5) is 0. The summed E-state index contributed by atoms with van der Waals surface area (Å²) in [7, 11) is 1.91.